The first-order valence-corrected chi connectivity index (χ1v) is 9.81. The van der Waals surface area contributed by atoms with Crippen molar-refractivity contribution >= 4 is 26.8 Å². The van der Waals surface area contributed by atoms with Crippen molar-refractivity contribution in [2.24, 2.45) is 5.92 Å². The summed E-state index contributed by atoms with van der Waals surface area (Å²) in [7, 11) is -3.04. The maximum absolute atomic E-state index is 12.8. The first-order valence-electron chi connectivity index (χ1n) is 7.99. The van der Waals surface area contributed by atoms with Crippen LogP contribution in [-0.4, -0.2) is 47.2 Å². The van der Waals surface area contributed by atoms with Crippen LogP contribution >= 0.6 is 0 Å². The molecular weight excluding hydrogens is 314 g/mol. The predicted octanol–water partition coefficient (Wildman–Crippen LogP) is 1.66. The summed E-state index contributed by atoms with van der Waals surface area (Å²) in [5, 5.41) is 0. The van der Waals surface area contributed by atoms with Gasteiger partial charge in [0.25, 0.3) is 0 Å². The number of likely N-dealkylation sites (tertiary alicyclic amines) is 1. The highest BCUT2D eigenvalue weighted by Gasteiger charge is 2.40. The number of nitrogens with zero attached hydrogens (tertiary/aromatic N) is 2. The smallest absolute Gasteiger partial charge is 0.227 e. The second-order valence-corrected chi connectivity index (χ2v) is 8.66. The summed E-state index contributed by atoms with van der Waals surface area (Å²) in [5.74, 6) is 0.513. The minimum Gasteiger partial charge on any atom is -0.340 e. The van der Waals surface area contributed by atoms with Crippen LogP contribution in [0.1, 0.15) is 31.1 Å². The number of imidazole rings is 1. The van der Waals surface area contributed by atoms with Gasteiger partial charge in [-0.15, -0.1) is 0 Å². The van der Waals surface area contributed by atoms with Gasteiger partial charge < -0.3 is 9.88 Å². The Morgan fingerprint density at radius 2 is 2.09 bits per heavy atom. The van der Waals surface area contributed by atoms with E-state index in [-0.39, 0.29) is 29.4 Å². The molecule has 7 heteroatoms. The molecule has 2 aliphatic rings. The van der Waals surface area contributed by atoms with E-state index in [9.17, 15) is 13.2 Å². The number of benzene rings is 1. The van der Waals surface area contributed by atoms with E-state index in [2.05, 4.69) is 9.97 Å². The van der Waals surface area contributed by atoms with Crippen molar-refractivity contribution in [1.29, 1.82) is 0 Å². The second kappa shape index (κ2) is 5.33. The standard InChI is InChI=1S/C16H19N3O3S/c20-16(11-7-9-23(21,22)10-11)19-8-3-6-14(19)15-17-12-4-1-2-5-13(12)18-15/h1-2,4-5,11,14H,3,6-10H2,(H,17,18)/t11-,14+/m0/s1. The lowest BCUT2D eigenvalue weighted by atomic mass is 10.1. The number of hydrogen-bond donors (Lipinski definition) is 1. The molecular formula is C16H19N3O3S. The van der Waals surface area contributed by atoms with E-state index in [4.69, 9.17) is 0 Å². The molecule has 2 saturated heterocycles. The molecule has 1 aromatic heterocycles. The molecule has 0 unspecified atom stereocenters. The molecule has 6 nitrogen and oxygen atoms in total. The molecule has 1 aromatic carbocycles. The molecule has 2 aromatic rings. The van der Waals surface area contributed by atoms with Crippen LogP contribution in [0, 0.1) is 5.92 Å². The van der Waals surface area contributed by atoms with Crippen LogP contribution in [0.2, 0.25) is 0 Å². The van der Waals surface area contributed by atoms with Gasteiger partial charge in [0.1, 0.15) is 5.82 Å². The Morgan fingerprint density at radius 3 is 2.83 bits per heavy atom. The summed E-state index contributed by atoms with van der Waals surface area (Å²) in [4.78, 5) is 22.5. The molecule has 0 aliphatic carbocycles. The van der Waals surface area contributed by atoms with Crippen molar-refractivity contribution in [2.75, 3.05) is 18.1 Å². The van der Waals surface area contributed by atoms with E-state index in [1.165, 1.54) is 0 Å². The molecule has 2 fully saturated rings. The monoisotopic (exact) mass is 333 g/mol. The quantitative estimate of drug-likeness (QED) is 0.906. The van der Waals surface area contributed by atoms with Crippen molar-refractivity contribution in [3.05, 3.63) is 30.1 Å². The average molecular weight is 333 g/mol. The number of rotatable bonds is 2. The molecule has 122 valence electrons. The molecule has 2 aliphatic heterocycles. The van der Waals surface area contributed by atoms with Gasteiger partial charge in [0.15, 0.2) is 9.84 Å². The van der Waals surface area contributed by atoms with Crippen molar-refractivity contribution in [3.8, 4) is 0 Å². The second-order valence-electron chi connectivity index (χ2n) is 6.43. The van der Waals surface area contributed by atoms with Gasteiger partial charge in [0, 0.05) is 6.54 Å². The number of nitrogens with one attached hydrogen (secondary N) is 1. The fourth-order valence-corrected chi connectivity index (χ4v) is 5.40. The maximum atomic E-state index is 12.8. The van der Waals surface area contributed by atoms with Crippen molar-refractivity contribution in [2.45, 2.75) is 25.3 Å². The molecule has 1 amide bonds. The first kappa shape index (κ1) is 14.7. The van der Waals surface area contributed by atoms with Gasteiger partial charge >= 0.3 is 0 Å². The van der Waals surface area contributed by atoms with Crippen LogP contribution in [0.3, 0.4) is 0 Å². The Kier molecular flexibility index (Phi) is 3.41. The molecule has 2 atom stereocenters. The number of carbonyl (C=O) groups excluding carboxylic acids is 1. The lowest BCUT2D eigenvalue weighted by Gasteiger charge is -2.25. The van der Waals surface area contributed by atoms with Gasteiger partial charge in [0.2, 0.25) is 5.91 Å². The van der Waals surface area contributed by atoms with Gasteiger partial charge in [-0.25, -0.2) is 13.4 Å². The zero-order valence-corrected chi connectivity index (χ0v) is 13.6. The summed E-state index contributed by atoms with van der Waals surface area (Å²) < 4.78 is 23.3. The molecule has 0 saturated carbocycles. The zero-order chi connectivity index (χ0) is 16.0. The van der Waals surface area contributed by atoms with E-state index >= 15 is 0 Å². The van der Waals surface area contributed by atoms with E-state index in [0.29, 0.717) is 13.0 Å². The summed E-state index contributed by atoms with van der Waals surface area (Å²) in [5.41, 5.74) is 1.86. The van der Waals surface area contributed by atoms with E-state index in [0.717, 1.165) is 29.7 Å². The highest BCUT2D eigenvalue weighted by Crippen LogP contribution is 2.34. The number of amides is 1. The number of carbonyl (C=O) groups is 1. The maximum Gasteiger partial charge on any atom is 0.227 e. The van der Waals surface area contributed by atoms with Crippen LogP contribution in [0.25, 0.3) is 11.0 Å². The number of hydrogen-bond acceptors (Lipinski definition) is 4. The minimum atomic E-state index is -3.04. The third-order valence-corrected chi connectivity index (χ3v) is 6.61. The summed E-state index contributed by atoms with van der Waals surface area (Å²) in [6.45, 7) is 0.678. The zero-order valence-electron chi connectivity index (χ0n) is 12.7. The molecule has 1 N–H and O–H groups in total. The van der Waals surface area contributed by atoms with Crippen LogP contribution in [-0.2, 0) is 14.6 Å². The summed E-state index contributed by atoms with van der Waals surface area (Å²) in [6, 6.07) is 7.73. The number of sulfone groups is 1. The van der Waals surface area contributed by atoms with E-state index in [1.807, 2.05) is 29.2 Å². The summed E-state index contributed by atoms with van der Waals surface area (Å²) >= 11 is 0. The van der Waals surface area contributed by atoms with Gasteiger partial charge in [-0.3, -0.25) is 4.79 Å². The van der Waals surface area contributed by atoms with Crippen LogP contribution in [0.4, 0.5) is 0 Å². The molecule has 0 spiro atoms. The number of aromatic amines is 1. The highest BCUT2D eigenvalue weighted by molar-refractivity contribution is 7.91. The third-order valence-electron chi connectivity index (χ3n) is 4.84. The number of H-pyrrole nitrogens is 1. The van der Waals surface area contributed by atoms with Crippen LogP contribution in [0.15, 0.2) is 24.3 Å². The number of aromatic nitrogens is 2. The predicted molar refractivity (Wildman–Crippen MR) is 86.5 cm³/mol. The number of para-hydroxylation sites is 2. The Hall–Kier alpha value is -1.89. The van der Waals surface area contributed by atoms with Gasteiger partial charge in [-0.1, -0.05) is 12.1 Å². The average Bonchev–Trinajstić information content (AvgIpc) is 3.22. The third kappa shape index (κ3) is 2.63. The lowest BCUT2D eigenvalue weighted by molar-refractivity contribution is -0.135. The molecule has 0 radical (unpaired) electrons. The SMILES string of the molecule is O=C([C@H]1CCS(=O)(=O)C1)N1CCC[C@@H]1c1nc2ccccc2[nH]1. The molecule has 0 bridgehead atoms. The number of fused-ring (bicyclic) bond motifs is 1. The fraction of sp³-hybridized carbons (Fsp3) is 0.500. The Bertz CT molecular complexity index is 825. The molecule has 23 heavy (non-hydrogen) atoms. The molecule has 3 heterocycles. The van der Waals surface area contributed by atoms with Gasteiger partial charge in [-0.2, -0.15) is 0 Å². The van der Waals surface area contributed by atoms with E-state index < -0.39 is 9.84 Å². The Morgan fingerprint density at radius 1 is 1.26 bits per heavy atom. The van der Waals surface area contributed by atoms with Crippen LogP contribution < -0.4 is 0 Å². The highest BCUT2D eigenvalue weighted by atomic mass is 32.2. The topological polar surface area (TPSA) is 83.1 Å². The van der Waals surface area contributed by atoms with Crippen LogP contribution in [0.5, 0.6) is 0 Å². The normalized spacial score (nSPS) is 26.9. The molecule has 4 rings (SSSR count). The van der Waals surface area contributed by atoms with Gasteiger partial charge in [0.05, 0.1) is 34.5 Å². The lowest BCUT2D eigenvalue weighted by Crippen LogP contribution is -2.36. The Balaban J connectivity index is 1.60. The van der Waals surface area contributed by atoms with Gasteiger partial charge in [-0.05, 0) is 31.4 Å². The van der Waals surface area contributed by atoms with Crippen molar-refractivity contribution in [3.63, 3.8) is 0 Å². The Labute approximate surface area is 134 Å². The van der Waals surface area contributed by atoms with Crippen molar-refractivity contribution < 1.29 is 13.2 Å². The van der Waals surface area contributed by atoms with E-state index in [1.54, 1.807) is 0 Å². The summed E-state index contributed by atoms with van der Waals surface area (Å²) in [6.07, 6.45) is 2.24. The van der Waals surface area contributed by atoms with Crippen molar-refractivity contribution in [1.82, 2.24) is 14.9 Å². The first-order chi connectivity index (χ1) is 11.0. The fourth-order valence-electron chi connectivity index (χ4n) is 3.67. The minimum absolute atomic E-state index is 0.00478. The largest absolute Gasteiger partial charge is 0.340 e.